The first kappa shape index (κ1) is 12.4. The second kappa shape index (κ2) is 5.07. The van der Waals surface area contributed by atoms with Gasteiger partial charge in [-0.2, -0.15) is 0 Å². The Morgan fingerprint density at radius 2 is 2.19 bits per heavy atom. The summed E-state index contributed by atoms with van der Waals surface area (Å²) < 4.78 is 0.978. The molecule has 2 unspecified atom stereocenters. The highest BCUT2D eigenvalue weighted by Gasteiger charge is 2.32. The molecule has 1 fully saturated rings. The number of rotatable bonds is 4. The van der Waals surface area contributed by atoms with Crippen LogP contribution >= 0.6 is 27.5 Å². The zero-order chi connectivity index (χ0) is 11.7. The minimum atomic E-state index is -0.272. The van der Waals surface area contributed by atoms with Crippen LogP contribution in [0.15, 0.2) is 22.7 Å². The lowest BCUT2D eigenvalue weighted by molar-refractivity contribution is 0.105. The van der Waals surface area contributed by atoms with E-state index in [1.807, 2.05) is 18.2 Å². The van der Waals surface area contributed by atoms with Crippen LogP contribution in [0, 0.1) is 11.8 Å². The average molecular weight is 304 g/mol. The molecule has 1 aliphatic rings. The fraction of sp³-hybridized carbons (Fsp3) is 0.538. The second-order valence-corrected chi connectivity index (χ2v) is 6.03. The zero-order valence-electron chi connectivity index (χ0n) is 9.29. The molecular formula is C13H16BrClO. The molecule has 1 saturated carbocycles. The normalized spacial score (nSPS) is 19.5. The third-order valence-electron chi connectivity index (χ3n) is 3.42. The van der Waals surface area contributed by atoms with Gasteiger partial charge in [-0.25, -0.2) is 0 Å². The van der Waals surface area contributed by atoms with Crippen LogP contribution in [0.3, 0.4) is 0 Å². The standard InChI is InChI=1S/C13H16BrClO/c1-8(9-2-3-9)13(16)6-10-4-5-11(14)7-12(10)15/h4-5,7-9,13,16H,2-3,6H2,1H3. The van der Waals surface area contributed by atoms with Gasteiger partial charge >= 0.3 is 0 Å². The maximum atomic E-state index is 10.1. The third kappa shape index (κ3) is 2.99. The summed E-state index contributed by atoms with van der Waals surface area (Å²) in [7, 11) is 0. The van der Waals surface area contributed by atoms with Crippen molar-refractivity contribution >= 4 is 27.5 Å². The number of hydrogen-bond donors (Lipinski definition) is 1. The van der Waals surface area contributed by atoms with E-state index in [2.05, 4.69) is 22.9 Å². The molecule has 0 aromatic heterocycles. The van der Waals surface area contributed by atoms with Gasteiger partial charge in [0.1, 0.15) is 0 Å². The maximum Gasteiger partial charge on any atom is 0.0609 e. The number of aliphatic hydroxyl groups is 1. The second-order valence-electron chi connectivity index (χ2n) is 4.70. The van der Waals surface area contributed by atoms with Crippen LogP contribution in [-0.2, 0) is 6.42 Å². The summed E-state index contributed by atoms with van der Waals surface area (Å²) in [6, 6.07) is 5.83. The van der Waals surface area contributed by atoms with Gasteiger partial charge in [0.15, 0.2) is 0 Å². The molecule has 2 rings (SSSR count). The Balaban J connectivity index is 2.02. The van der Waals surface area contributed by atoms with Crippen LogP contribution in [0.2, 0.25) is 5.02 Å². The van der Waals surface area contributed by atoms with E-state index in [0.29, 0.717) is 12.3 Å². The molecule has 0 spiro atoms. The Kier molecular flexibility index (Phi) is 3.93. The summed E-state index contributed by atoms with van der Waals surface area (Å²) in [4.78, 5) is 0. The lowest BCUT2D eigenvalue weighted by Gasteiger charge is -2.18. The SMILES string of the molecule is CC(C(O)Cc1ccc(Br)cc1Cl)C1CC1. The quantitative estimate of drug-likeness (QED) is 0.889. The molecule has 1 aliphatic carbocycles. The van der Waals surface area contributed by atoms with Gasteiger partial charge in [0.05, 0.1) is 6.10 Å². The lowest BCUT2D eigenvalue weighted by atomic mass is 9.94. The van der Waals surface area contributed by atoms with E-state index in [4.69, 9.17) is 11.6 Å². The molecule has 0 amide bonds. The number of benzene rings is 1. The summed E-state index contributed by atoms with van der Waals surface area (Å²) in [5, 5.41) is 10.8. The summed E-state index contributed by atoms with van der Waals surface area (Å²) in [6.07, 6.45) is 2.92. The largest absolute Gasteiger partial charge is 0.392 e. The minimum absolute atomic E-state index is 0.272. The van der Waals surface area contributed by atoms with Gasteiger partial charge < -0.3 is 5.11 Å². The van der Waals surface area contributed by atoms with E-state index in [1.54, 1.807) is 0 Å². The van der Waals surface area contributed by atoms with E-state index < -0.39 is 0 Å². The van der Waals surface area contributed by atoms with Crippen molar-refractivity contribution in [1.82, 2.24) is 0 Å². The molecule has 1 aromatic rings. The average Bonchev–Trinajstić information content (AvgIpc) is 3.04. The van der Waals surface area contributed by atoms with Crippen molar-refractivity contribution in [2.45, 2.75) is 32.3 Å². The summed E-state index contributed by atoms with van der Waals surface area (Å²) in [5.41, 5.74) is 1.03. The molecule has 1 N–H and O–H groups in total. The van der Waals surface area contributed by atoms with E-state index >= 15 is 0 Å². The van der Waals surface area contributed by atoms with E-state index in [-0.39, 0.29) is 6.10 Å². The molecule has 0 saturated heterocycles. The Hall–Kier alpha value is -0.0500. The van der Waals surface area contributed by atoms with Crippen LogP contribution in [0.1, 0.15) is 25.3 Å². The molecule has 16 heavy (non-hydrogen) atoms. The van der Waals surface area contributed by atoms with Crippen LogP contribution in [0.5, 0.6) is 0 Å². The Morgan fingerprint density at radius 1 is 1.50 bits per heavy atom. The number of halogens is 2. The first-order valence-electron chi connectivity index (χ1n) is 5.70. The molecule has 0 radical (unpaired) electrons. The monoisotopic (exact) mass is 302 g/mol. The van der Waals surface area contributed by atoms with Gasteiger partial charge in [0, 0.05) is 15.9 Å². The highest BCUT2D eigenvalue weighted by atomic mass is 79.9. The van der Waals surface area contributed by atoms with E-state index in [1.165, 1.54) is 12.8 Å². The molecule has 0 aliphatic heterocycles. The van der Waals surface area contributed by atoms with E-state index in [9.17, 15) is 5.11 Å². The smallest absolute Gasteiger partial charge is 0.0609 e. The maximum absolute atomic E-state index is 10.1. The first-order chi connectivity index (χ1) is 7.58. The van der Waals surface area contributed by atoms with Gasteiger partial charge in [-0.15, -0.1) is 0 Å². The van der Waals surface area contributed by atoms with Crippen molar-refractivity contribution in [2.24, 2.45) is 11.8 Å². The molecule has 3 heteroatoms. The van der Waals surface area contributed by atoms with Crippen molar-refractivity contribution < 1.29 is 5.11 Å². The Morgan fingerprint density at radius 3 is 2.75 bits per heavy atom. The van der Waals surface area contributed by atoms with Gasteiger partial charge in [0.2, 0.25) is 0 Å². The first-order valence-corrected chi connectivity index (χ1v) is 6.87. The Bertz CT molecular complexity index is 376. The fourth-order valence-corrected chi connectivity index (χ4v) is 2.79. The fourth-order valence-electron chi connectivity index (χ4n) is 2.03. The van der Waals surface area contributed by atoms with Gasteiger partial charge in [0.25, 0.3) is 0 Å². The Labute approximate surface area is 110 Å². The zero-order valence-corrected chi connectivity index (χ0v) is 11.6. The van der Waals surface area contributed by atoms with Crippen LogP contribution in [0.25, 0.3) is 0 Å². The minimum Gasteiger partial charge on any atom is -0.392 e. The highest BCUT2D eigenvalue weighted by Crippen LogP contribution is 2.39. The molecule has 1 aromatic carbocycles. The van der Waals surface area contributed by atoms with Crippen molar-refractivity contribution in [3.05, 3.63) is 33.3 Å². The number of aliphatic hydroxyl groups excluding tert-OH is 1. The molecule has 1 nitrogen and oxygen atoms in total. The van der Waals surface area contributed by atoms with Crippen molar-refractivity contribution in [3.8, 4) is 0 Å². The molecular weight excluding hydrogens is 287 g/mol. The van der Waals surface area contributed by atoms with Crippen LogP contribution in [0.4, 0.5) is 0 Å². The lowest BCUT2D eigenvalue weighted by Crippen LogP contribution is -2.22. The topological polar surface area (TPSA) is 20.2 Å². The molecule has 88 valence electrons. The summed E-state index contributed by atoms with van der Waals surface area (Å²) >= 11 is 9.51. The predicted molar refractivity (Wildman–Crippen MR) is 70.8 cm³/mol. The third-order valence-corrected chi connectivity index (χ3v) is 4.26. The molecule has 0 heterocycles. The number of hydrogen-bond acceptors (Lipinski definition) is 1. The summed E-state index contributed by atoms with van der Waals surface area (Å²) in [6.45, 7) is 2.13. The predicted octanol–water partition coefficient (Wildman–Crippen LogP) is 4.05. The van der Waals surface area contributed by atoms with Crippen molar-refractivity contribution in [2.75, 3.05) is 0 Å². The van der Waals surface area contributed by atoms with Crippen molar-refractivity contribution in [3.63, 3.8) is 0 Å². The molecule has 0 bridgehead atoms. The molecule has 2 atom stereocenters. The summed E-state index contributed by atoms with van der Waals surface area (Å²) in [5.74, 6) is 1.11. The van der Waals surface area contributed by atoms with Crippen LogP contribution < -0.4 is 0 Å². The highest BCUT2D eigenvalue weighted by molar-refractivity contribution is 9.10. The van der Waals surface area contributed by atoms with Gasteiger partial charge in [-0.3, -0.25) is 0 Å². The van der Waals surface area contributed by atoms with E-state index in [0.717, 1.165) is 21.0 Å². The van der Waals surface area contributed by atoms with Gasteiger partial charge in [-0.05, 0) is 42.4 Å². The van der Waals surface area contributed by atoms with Crippen LogP contribution in [-0.4, -0.2) is 11.2 Å². The van der Waals surface area contributed by atoms with Crippen molar-refractivity contribution in [1.29, 1.82) is 0 Å². The van der Waals surface area contributed by atoms with Gasteiger partial charge in [-0.1, -0.05) is 40.5 Å².